The van der Waals surface area contributed by atoms with Crippen LogP contribution in [0.25, 0.3) is 0 Å². The van der Waals surface area contributed by atoms with Crippen LogP contribution in [0.15, 0.2) is 0 Å². The molecule has 2 N–H and O–H groups in total. The van der Waals surface area contributed by atoms with Crippen molar-refractivity contribution in [3.63, 3.8) is 0 Å². The number of nitrogens with one attached hydrogen (secondary N) is 2. The first kappa shape index (κ1) is 13.4. The summed E-state index contributed by atoms with van der Waals surface area (Å²) in [6.07, 6.45) is 3.59. The molecule has 6 heteroatoms. The second-order valence-electron chi connectivity index (χ2n) is 4.86. The monoisotopic (exact) mass is 248 g/mol. The predicted octanol–water partition coefficient (Wildman–Crippen LogP) is 0.229. The maximum absolute atomic E-state index is 11.8. The lowest BCUT2D eigenvalue weighted by molar-refractivity contribution is -0.123. The summed E-state index contributed by atoms with van der Waals surface area (Å²) in [6.45, 7) is 3.92. The number of rotatable bonds is 6. The third-order valence-electron chi connectivity index (χ3n) is 2.30. The van der Waals surface area contributed by atoms with E-state index >= 15 is 0 Å². The Labute approximate surface area is 97.0 Å². The third kappa shape index (κ3) is 5.46. The van der Waals surface area contributed by atoms with Crippen molar-refractivity contribution in [3.8, 4) is 0 Å². The molecule has 5 nitrogen and oxygen atoms in total. The van der Waals surface area contributed by atoms with Crippen LogP contribution in [0.5, 0.6) is 0 Å². The number of amides is 1. The van der Waals surface area contributed by atoms with Crippen molar-refractivity contribution in [2.75, 3.05) is 6.26 Å². The molecule has 94 valence electrons. The number of carbonyl (C=O) groups excluding carboxylic acids is 1. The SMILES string of the molecule is CC(C)CC(NS(C)(=O)=O)C(=O)NC1CC1. The standard InChI is InChI=1S/C10H20N2O3S/c1-7(2)6-9(12-16(3,14)15)10(13)11-8-4-5-8/h7-9,12H,4-6H2,1-3H3,(H,11,13). The van der Waals surface area contributed by atoms with E-state index < -0.39 is 16.1 Å². The molecule has 0 aromatic rings. The molecule has 0 heterocycles. The normalized spacial score (nSPS) is 18.5. The van der Waals surface area contributed by atoms with Gasteiger partial charge in [-0.05, 0) is 25.2 Å². The summed E-state index contributed by atoms with van der Waals surface area (Å²) in [5.74, 6) is 0.0610. The van der Waals surface area contributed by atoms with Crippen LogP contribution < -0.4 is 10.0 Å². The molecule has 0 aliphatic heterocycles. The second kappa shape index (κ2) is 5.14. The summed E-state index contributed by atoms with van der Waals surface area (Å²) in [7, 11) is -3.34. The number of sulfonamides is 1. The van der Waals surface area contributed by atoms with Crippen molar-refractivity contribution in [2.24, 2.45) is 5.92 Å². The average molecular weight is 248 g/mol. The Morgan fingerprint density at radius 1 is 1.38 bits per heavy atom. The van der Waals surface area contributed by atoms with Crippen LogP contribution in [0.1, 0.15) is 33.1 Å². The fraction of sp³-hybridized carbons (Fsp3) is 0.900. The molecule has 1 amide bonds. The minimum absolute atomic E-state index is 0.207. The smallest absolute Gasteiger partial charge is 0.238 e. The fourth-order valence-electron chi connectivity index (χ4n) is 1.47. The highest BCUT2D eigenvalue weighted by molar-refractivity contribution is 7.88. The molecule has 1 aliphatic carbocycles. The lowest BCUT2D eigenvalue weighted by atomic mass is 10.0. The first-order valence-electron chi connectivity index (χ1n) is 5.55. The lowest BCUT2D eigenvalue weighted by Crippen LogP contribution is -2.47. The molecule has 0 bridgehead atoms. The van der Waals surface area contributed by atoms with Crippen molar-refractivity contribution in [3.05, 3.63) is 0 Å². The Kier molecular flexibility index (Phi) is 4.32. The maximum Gasteiger partial charge on any atom is 0.238 e. The van der Waals surface area contributed by atoms with Crippen molar-refractivity contribution in [1.82, 2.24) is 10.0 Å². The molecule has 0 saturated heterocycles. The number of carbonyl (C=O) groups is 1. The van der Waals surface area contributed by atoms with Gasteiger partial charge in [-0.3, -0.25) is 4.79 Å². The molecule has 0 aromatic carbocycles. The zero-order valence-corrected chi connectivity index (χ0v) is 10.8. The molecule has 1 rings (SSSR count). The Balaban J connectivity index is 2.57. The van der Waals surface area contributed by atoms with E-state index in [0.29, 0.717) is 6.42 Å². The van der Waals surface area contributed by atoms with E-state index in [-0.39, 0.29) is 17.9 Å². The van der Waals surface area contributed by atoms with Crippen LogP contribution >= 0.6 is 0 Å². The van der Waals surface area contributed by atoms with Gasteiger partial charge in [0.15, 0.2) is 0 Å². The summed E-state index contributed by atoms with van der Waals surface area (Å²) < 4.78 is 24.7. The van der Waals surface area contributed by atoms with E-state index in [4.69, 9.17) is 0 Å². The van der Waals surface area contributed by atoms with Gasteiger partial charge in [0.25, 0.3) is 0 Å². The Bertz CT molecular complexity index is 347. The van der Waals surface area contributed by atoms with E-state index in [2.05, 4.69) is 10.0 Å². The third-order valence-corrected chi connectivity index (χ3v) is 3.02. The first-order chi connectivity index (χ1) is 7.28. The molecule has 1 unspecified atom stereocenters. The van der Waals surface area contributed by atoms with Gasteiger partial charge in [0.05, 0.1) is 6.26 Å². The second-order valence-corrected chi connectivity index (χ2v) is 6.64. The minimum atomic E-state index is -3.34. The van der Waals surface area contributed by atoms with Gasteiger partial charge < -0.3 is 5.32 Å². The summed E-state index contributed by atoms with van der Waals surface area (Å²) in [5.41, 5.74) is 0. The van der Waals surface area contributed by atoms with Crippen LogP contribution in [0.3, 0.4) is 0 Å². The zero-order valence-electron chi connectivity index (χ0n) is 9.99. The topological polar surface area (TPSA) is 75.3 Å². The van der Waals surface area contributed by atoms with Gasteiger partial charge in [-0.15, -0.1) is 0 Å². The Hall–Kier alpha value is -0.620. The summed E-state index contributed by atoms with van der Waals surface area (Å²) in [5, 5.41) is 2.82. The molecule has 1 aliphatic rings. The van der Waals surface area contributed by atoms with Crippen molar-refractivity contribution < 1.29 is 13.2 Å². The number of hydrogen-bond acceptors (Lipinski definition) is 3. The van der Waals surface area contributed by atoms with Gasteiger partial charge in [0.1, 0.15) is 6.04 Å². The van der Waals surface area contributed by atoms with Crippen molar-refractivity contribution in [2.45, 2.75) is 45.2 Å². The predicted molar refractivity (Wildman–Crippen MR) is 62.4 cm³/mol. The van der Waals surface area contributed by atoms with E-state index in [9.17, 15) is 13.2 Å². The Morgan fingerprint density at radius 3 is 2.31 bits per heavy atom. The maximum atomic E-state index is 11.8. The van der Waals surface area contributed by atoms with Crippen LogP contribution in [-0.4, -0.2) is 32.7 Å². The molecule has 1 fully saturated rings. The highest BCUT2D eigenvalue weighted by Crippen LogP contribution is 2.19. The highest BCUT2D eigenvalue weighted by atomic mass is 32.2. The van der Waals surface area contributed by atoms with Gasteiger partial charge in [-0.2, -0.15) is 0 Å². The van der Waals surface area contributed by atoms with Crippen LogP contribution in [0, 0.1) is 5.92 Å². The van der Waals surface area contributed by atoms with E-state index in [0.717, 1.165) is 19.1 Å². The van der Waals surface area contributed by atoms with Crippen molar-refractivity contribution in [1.29, 1.82) is 0 Å². The summed E-state index contributed by atoms with van der Waals surface area (Å²) in [6, 6.07) is -0.390. The van der Waals surface area contributed by atoms with Gasteiger partial charge in [-0.1, -0.05) is 13.8 Å². The minimum Gasteiger partial charge on any atom is -0.352 e. The molecule has 0 radical (unpaired) electrons. The molecule has 0 aromatic heterocycles. The highest BCUT2D eigenvalue weighted by Gasteiger charge is 2.29. The molecule has 16 heavy (non-hydrogen) atoms. The largest absolute Gasteiger partial charge is 0.352 e. The molecule has 1 atom stereocenters. The van der Waals surface area contributed by atoms with Crippen LogP contribution in [0.4, 0.5) is 0 Å². The first-order valence-corrected chi connectivity index (χ1v) is 7.44. The van der Waals surface area contributed by atoms with Crippen molar-refractivity contribution >= 4 is 15.9 Å². The summed E-state index contributed by atoms with van der Waals surface area (Å²) >= 11 is 0. The van der Waals surface area contributed by atoms with E-state index in [1.165, 1.54) is 0 Å². The lowest BCUT2D eigenvalue weighted by Gasteiger charge is -2.18. The molecule has 0 spiro atoms. The molecular weight excluding hydrogens is 228 g/mol. The zero-order chi connectivity index (χ0) is 12.3. The van der Waals surface area contributed by atoms with Gasteiger partial charge in [-0.25, -0.2) is 13.1 Å². The van der Waals surface area contributed by atoms with Gasteiger partial charge in [0, 0.05) is 6.04 Å². The average Bonchev–Trinajstić information content (AvgIpc) is 2.83. The van der Waals surface area contributed by atoms with Gasteiger partial charge >= 0.3 is 0 Å². The molecule has 1 saturated carbocycles. The summed E-state index contributed by atoms with van der Waals surface area (Å²) in [4.78, 5) is 11.8. The quantitative estimate of drug-likeness (QED) is 0.706. The van der Waals surface area contributed by atoms with E-state index in [1.807, 2.05) is 13.8 Å². The van der Waals surface area contributed by atoms with Crippen LogP contribution in [-0.2, 0) is 14.8 Å². The fourth-order valence-corrected chi connectivity index (χ4v) is 2.19. The molecular formula is C10H20N2O3S. The Morgan fingerprint density at radius 2 is 1.94 bits per heavy atom. The van der Waals surface area contributed by atoms with Crippen LogP contribution in [0.2, 0.25) is 0 Å². The van der Waals surface area contributed by atoms with Gasteiger partial charge in [0.2, 0.25) is 15.9 Å². The van der Waals surface area contributed by atoms with E-state index in [1.54, 1.807) is 0 Å². The number of hydrogen-bond donors (Lipinski definition) is 2.